The van der Waals surface area contributed by atoms with Crippen molar-refractivity contribution in [2.45, 2.75) is 27.4 Å². The molecular formula is C27H23ClN2O6. The number of nitro benzene ring substituents is 1. The lowest BCUT2D eigenvalue weighted by Gasteiger charge is -2.11. The Morgan fingerprint density at radius 1 is 0.972 bits per heavy atom. The normalized spacial score (nSPS) is 10.7. The first-order valence-corrected chi connectivity index (χ1v) is 11.4. The molecule has 184 valence electrons. The minimum absolute atomic E-state index is 0.0393. The van der Waals surface area contributed by atoms with Crippen LogP contribution in [0.3, 0.4) is 0 Å². The Labute approximate surface area is 212 Å². The van der Waals surface area contributed by atoms with E-state index in [0.717, 1.165) is 22.4 Å². The molecule has 1 heterocycles. The molecule has 0 fully saturated rings. The summed E-state index contributed by atoms with van der Waals surface area (Å²) < 4.78 is 17.3. The first kappa shape index (κ1) is 24.8. The summed E-state index contributed by atoms with van der Waals surface area (Å²) in [7, 11) is 0. The van der Waals surface area contributed by atoms with Gasteiger partial charge in [-0.2, -0.15) is 0 Å². The third-order valence-electron chi connectivity index (χ3n) is 5.38. The number of nitrogens with zero attached hydrogens (tertiary/aromatic N) is 1. The number of aryl methyl sites for hydroxylation is 3. The summed E-state index contributed by atoms with van der Waals surface area (Å²) in [6.45, 7) is 5.87. The summed E-state index contributed by atoms with van der Waals surface area (Å²) in [5.74, 6) is 1.33. The zero-order chi connectivity index (χ0) is 25.8. The van der Waals surface area contributed by atoms with Gasteiger partial charge < -0.3 is 19.2 Å². The van der Waals surface area contributed by atoms with Crippen molar-refractivity contribution in [1.82, 2.24) is 0 Å². The van der Waals surface area contributed by atoms with Crippen molar-refractivity contribution >= 4 is 28.9 Å². The van der Waals surface area contributed by atoms with Crippen LogP contribution in [0.15, 0.2) is 71.1 Å². The van der Waals surface area contributed by atoms with E-state index in [4.69, 9.17) is 25.5 Å². The van der Waals surface area contributed by atoms with E-state index in [1.807, 2.05) is 39.0 Å². The maximum Gasteiger partial charge on any atom is 0.291 e. The van der Waals surface area contributed by atoms with Crippen molar-refractivity contribution in [1.29, 1.82) is 0 Å². The highest BCUT2D eigenvalue weighted by atomic mass is 35.5. The smallest absolute Gasteiger partial charge is 0.291 e. The molecular weight excluding hydrogens is 484 g/mol. The molecule has 0 bridgehead atoms. The second-order valence-electron chi connectivity index (χ2n) is 8.22. The number of rotatable bonds is 8. The van der Waals surface area contributed by atoms with Gasteiger partial charge in [0.25, 0.3) is 11.6 Å². The number of para-hydroxylation sites is 1. The fourth-order valence-electron chi connectivity index (χ4n) is 3.58. The molecule has 1 amide bonds. The van der Waals surface area contributed by atoms with Gasteiger partial charge in [0.05, 0.1) is 16.7 Å². The number of benzene rings is 3. The fraction of sp³-hybridized carbons (Fsp3) is 0.148. The topological polar surface area (TPSA) is 104 Å². The highest BCUT2D eigenvalue weighted by molar-refractivity contribution is 6.31. The summed E-state index contributed by atoms with van der Waals surface area (Å²) in [5.41, 5.74) is 2.73. The largest absolute Gasteiger partial charge is 0.485 e. The van der Waals surface area contributed by atoms with E-state index in [1.165, 1.54) is 24.3 Å². The van der Waals surface area contributed by atoms with E-state index in [1.54, 1.807) is 24.3 Å². The predicted molar refractivity (Wildman–Crippen MR) is 136 cm³/mol. The van der Waals surface area contributed by atoms with Gasteiger partial charge in [0.15, 0.2) is 5.76 Å². The number of carbonyl (C=O) groups is 1. The molecule has 9 heteroatoms. The molecule has 1 N–H and O–H groups in total. The number of ether oxygens (including phenoxy) is 2. The Bertz CT molecular complexity index is 1430. The van der Waals surface area contributed by atoms with Crippen LogP contribution >= 0.6 is 11.6 Å². The summed E-state index contributed by atoms with van der Waals surface area (Å²) in [6.07, 6.45) is 0. The number of non-ortho nitro benzene ring substituents is 1. The van der Waals surface area contributed by atoms with Gasteiger partial charge in [0, 0.05) is 17.2 Å². The van der Waals surface area contributed by atoms with E-state index in [-0.39, 0.29) is 29.5 Å². The number of amides is 1. The van der Waals surface area contributed by atoms with Crippen LogP contribution in [-0.4, -0.2) is 10.8 Å². The lowest BCUT2D eigenvalue weighted by atomic mass is 10.1. The van der Waals surface area contributed by atoms with Crippen LogP contribution in [0.25, 0.3) is 0 Å². The molecule has 3 aromatic carbocycles. The van der Waals surface area contributed by atoms with Crippen LogP contribution < -0.4 is 14.8 Å². The number of nitrogens with one attached hydrogen (secondary N) is 1. The van der Waals surface area contributed by atoms with Gasteiger partial charge in [-0.1, -0.05) is 29.8 Å². The van der Waals surface area contributed by atoms with Gasteiger partial charge in [0.2, 0.25) is 0 Å². The second-order valence-corrected chi connectivity index (χ2v) is 8.62. The third-order valence-corrected chi connectivity index (χ3v) is 5.80. The van der Waals surface area contributed by atoms with Gasteiger partial charge in [-0.3, -0.25) is 14.9 Å². The zero-order valence-electron chi connectivity index (χ0n) is 19.8. The Morgan fingerprint density at radius 3 is 2.42 bits per heavy atom. The van der Waals surface area contributed by atoms with E-state index in [2.05, 4.69) is 5.32 Å². The Hall–Kier alpha value is -4.30. The van der Waals surface area contributed by atoms with Gasteiger partial charge in [-0.05, 0) is 67.8 Å². The van der Waals surface area contributed by atoms with Crippen LogP contribution in [0.2, 0.25) is 5.02 Å². The molecule has 0 radical (unpaired) electrons. The van der Waals surface area contributed by atoms with Gasteiger partial charge in [0.1, 0.15) is 29.6 Å². The van der Waals surface area contributed by atoms with Gasteiger partial charge in [-0.15, -0.1) is 0 Å². The van der Waals surface area contributed by atoms with E-state index in [9.17, 15) is 14.9 Å². The van der Waals surface area contributed by atoms with Crippen molar-refractivity contribution in [3.8, 4) is 17.2 Å². The maximum atomic E-state index is 12.8. The number of nitro groups is 1. The van der Waals surface area contributed by atoms with Crippen LogP contribution in [0.1, 0.15) is 33.0 Å². The molecule has 4 aromatic rings. The number of halogens is 1. The van der Waals surface area contributed by atoms with E-state index >= 15 is 0 Å². The molecule has 0 aliphatic heterocycles. The Balaban J connectivity index is 1.48. The molecule has 0 atom stereocenters. The molecule has 0 unspecified atom stereocenters. The Kier molecular flexibility index (Phi) is 7.26. The fourth-order valence-corrected chi connectivity index (χ4v) is 3.69. The molecule has 0 aliphatic rings. The molecule has 1 aromatic heterocycles. The molecule has 4 rings (SSSR count). The maximum absolute atomic E-state index is 12.8. The number of carbonyl (C=O) groups excluding carboxylic acids is 1. The molecule has 0 aliphatic carbocycles. The summed E-state index contributed by atoms with van der Waals surface area (Å²) >= 11 is 6.05. The number of hydrogen-bond acceptors (Lipinski definition) is 6. The SMILES string of the molecule is Cc1cc(Oc2cc(NC(=O)c3ccc(COc4c(C)cccc4C)o3)cc([N+](=O)[O-])c2)ccc1Cl. The van der Waals surface area contributed by atoms with Crippen LogP contribution in [0.5, 0.6) is 17.2 Å². The first-order chi connectivity index (χ1) is 17.2. The first-order valence-electron chi connectivity index (χ1n) is 11.0. The third kappa shape index (κ3) is 5.84. The lowest BCUT2D eigenvalue weighted by molar-refractivity contribution is -0.384. The molecule has 0 saturated heterocycles. The summed E-state index contributed by atoms with van der Waals surface area (Å²) in [4.78, 5) is 23.6. The average molecular weight is 507 g/mol. The van der Waals surface area contributed by atoms with Gasteiger partial charge in [-0.25, -0.2) is 0 Å². The standard InChI is InChI=1S/C27H23ClN2O6/c1-16-5-4-6-17(2)26(16)34-15-22-8-10-25(36-22)27(31)29-19-12-20(30(32)33)14-23(13-19)35-21-7-9-24(28)18(3)11-21/h4-14H,15H2,1-3H3,(H,29,31). The zero-order valence-corrected chi connectivity index (χ0v) is 20.6. The van der Waals surface area contributed by atoms with Crippen LogP contribution in [-0.2, 0) is 6.61 Å². The van der Waals surface area contributed by atoms with Crippen molar-refractivity contribution in [3.05, 3.63) is 110 Å². The van der Waals surface area contributed by atoms with E-state index in [0.29, 0.717) is 16.5 Å². The molecule has 8 nitrogen and oxygen atoms in total. The quantitative estimate of drug-likeness (QED) is 0.197. The van der Waals surface area contributed by atoms with Gasteiger partial charge >= 0.3 is 0 Å². The van der Waals surface area contributed by atoms with Crippen LogP contribution in [0.4, 0.5) is 11.4 Å². The second kappa shape index (κ2) is 10.5. The Morgan fingerprint density at radius 2 is 1.72 bits per heavy atom. The van der Waals surface area contributed by atoms with Crippen molar-refractivity contribution in [2.24, 2.45) is 0 Å². The predicted octanol–water partition coefficient (Wildman–Crippen LogP) is 7.39. The summed E-state index contributed by atoms with van der Waals surface area (Å²) in [5, 5.41) is 14.6. The number of hydrogen-bond donors (Lipinski definition) is 1. The van der Waals surface area contributed by atoms with Crippen molar-refractivity contribution in [3.63, 3.8) is 0 Å². The highest BCUT2D eigenvalue weighted by Crippen LogP contribution is 2.32. The number of furan rings is 1. The number of anilines is 1. The average Bonchev–Trinajstić information content (AvgIpc) is 3.30. The highest BCUT2D eigenvalue weighted by Gasteiger charge is 2.17. The molecule has 36 heavy (non-hydrogen) atoms. The van der Waals surface area contributed by atoms with Crippen LogP contribution in [0, 0.1) is 30.9 Å². The van der Waals surface area contributed by atoms with E-state index < -0.39 is 10.8 Å². The minimum Gasteiger partial charge on any atom is -0.485 e. The molecule has 0 saturated carbocycles. The van der Waals surface area contributed by atoms with Crippen molar-refractivity contribution < 1.29 is 23.6 Å². The summed E-state index contributed by atoms with van der Waals surface area (Å²) in [6, 6.07) is 18.1. The minimum atomic E-state index is -0.567. The monoisotopic (exact) mass is 506 g/mol. The lowest BCUT2D eigenvalue weighted by Crippen LogP contribution is -2.11. The van der Waals surface area contributed by atoms with Crippen molar-refractivity contribution in [2.75, 3.05) is 5.32 Å². The molecule has 0 spiro atoms.